The number of methoxy groups -OCH3 is 1. The number of ether oxygens (including phenoxy) is 1. The number of aromatic hydroxyl groups is 1. The van der Waals surface area contributed by atoms with Crippen LogP contribution in [0.2, 0.25) is 0 Å². The number of nitrogens with two attached hydrogens (primary N) is 5. The molecule has 25 heteroatoms. The van der Waals surface area contributed by atoms with Crippen molar-refractivity contribution in [3.63, 3.8) is 0 Å². The smallest absolute Gasteiger partial charge is 0.343 e. The molecule has 91 heavy (non-hydrogen) atoms. The Balaban J connectivity index is 0.000000292. The molecule has 11 aromatic rings. The fourth-order valence-corrected chi connectivity index (χ4v) is 7.65. The van der Waals surface area contributed by atoms with Crippen molar-refractivity contribution in [2.24, 2.45) is 4.30 Å². The van der Waals surface area contributed by atoms with E-state index >= 15 is 0 Å². The van der Waals surface area contributed by atoms with E-state index in [9.17, 15) is 5.11 Å². The Morgan fingerprint density at radius 2 is 0.857 bits per heavy atom. The molecule has 6 aromatic carbocycles. The monoisotopic (exact) mass is 1350 g/mol. The van der Waals surface area contributed by atoms with Crippen molar-refractivity contribution in [3.8, 4) is 34.0 Å². The molecule has 5 aromatic heterocycles. The number of phenolic OH excluding ortho intramolecular Hbond substituents is 1. The number of hydrogen-bond acceptors (Lipinski definition) is 19. The number of rotatable bonds is 12. The van der Waals surface area contributed by atoms with Gasteiger partial charge in [-0.05, 0) is 86.7 Å². The van der Waals surface area contributed by atoms with Crippen LogP contribution in [0.1, 0.15) is 64.8 Å². The van der Waals surface area contributed by atoms with Gasteiger partial charge in [0.05, 0.1) is 66.1 Å². The number of unbranched alkanes of at least 4 members (excludes halogenated alkanes) is 1. The van der Waals surface area contributed by atoms with Gasteiger partial charge in [-0.2, -0.15) is 6.42 Å². The van der Waals surface area contributed by atoms with Crippen molar-refractivity contribution >= 4 is 100 Å². The Morgan fingerprint density at radius 3 is 1.20 bits per heavy atom. The molecule has 0 aliphatic carbocycles. The summed E-state index contributed by atoms with van der Waals surface area (Å²) in [6, 6.07) is 54.9. The number of hydrogen-bond donors (Lipinski definition) is 7. The van der Waals surface area contributed by atoms with E-state index in [0.717, 1.165) is 75.0 Å². The molecule has 11 N–H and O–H groups in total. The van der Waals surface area contributed by atoms with Gasteiger partial charge in [-0.15, -0.1) is 0 Å². The van der Waals surface area contributed by atoms with Crippen LogP contribution in [-0.4, -0.2) is 74.0 Å². The SMILES string of the molecule is COc1ccc(-c2cnc(N)c(Cc3ccccc3)n2)cc1.ClC(Cl)Cl.Nc1cnccn1.Nc1ncc(-c2ccc(O)cc2)nc1Cc1ccccc1.Nc1ncc(Br)nc1Cc1ccccc1.Nc1nccnc1Cc1ccccc1.[B]=NS.[CH2-]CCC.[Li+]. The van der Waals surface area contributed by atoms with Gasteiger partial charge in [0.1, 0.15) is 45.2 Å². The molecule has 0 amide bonds. The first-order valence-corrected chi connectivity index (χ1v) is 30.0. The van der Waals surface area contributed by atoms with Crippen molar-refractivity contribution in [2.45, 2.75) is 49.7 Å². The maximum atomic E-state index is 9.34. The van der Waals surface area contributed by atoms with E-state index in [-0.39, 0.29) is 24.6 Å². The fraction of sp³-hybridized carbons (Fsp3) is 0.136. The number of halogens is 4. The van der Waals surface area contributed by atoms with Crippen LogP contribution in [0.4, 0.5) is 29.1 Å². The largest absolute Gasteiger partial charge is 1.00 e. The summed E-state index contributed by atoms with van der Waals surface area (Å²) < 4.78 is 7.83. The Labute approximate surface area is 574 Å². The molecule has 0 saturated carbocycles. The second-order valence-corrected chi connectivity index (χ2v) is 21.4. The van der Waals surface area contributed by atoms with E-state index in [2.05, 4.69) is 117 Å². The molecule has 0 bridgehead atoms. The predicted octanol–water partition coefficient (Wildman–Crippen LogP) is 11.3. The molecule has 0 saturated heterocycles. The van der Waals surface area contributed by atoms with Crippen LogP contribution in [-0.2, 0) is 25.7 Å². The molecule has 0 fully saturated rings. The molecule has 5 heterocycles. The molecular formula is C66H69BBrCl3LiN16O2S. The van der Waals surface area contributed by atoms with E-state index in [4.69, 9.17) is 68.2 Å². The Hall–Kier alpha value is -8.52. The van der Waals surface area contributed by atoms with E-state index in [1.807, 2.05) is 146 Å². The summed E-state index contributed by atoms with van der Waals surface area (Å²) in [4.78, 5) is 41.7. The van der Waals surface area contributed by atoms with E-state index < -0.39 is 4.30 Å². The summed E-state index contributed by atoms with van der Waals surface area (Å²) in [5, 5.41) is 9.34. The van der Waals surface area contributed by atoms with Gasteiger partial charge < -0.3 is 45.4 Å². The van der Waals surface area contributed by atoms with Crippen LogP contribution in [0.5, 0.6) is 11.5 Å². The summed E-state index contributed by atoms with van der Waals surface area (Å²) >= 11 is 20.9. The second kappa shape index (κ2) is 44.8. The predicted molar refractivity (Wildman–Crippen MR) is 375 cm³/mol. The third-order valence-corrected chi connectivity index (χ3v) is 12.1. The van der Waals surface area contributed by atoms with Crippen molar-refractivity contribution in [1.29, 1.82) is 0 Å². The van der Waals surface area contributed by atoms with E-state index in [1.165, 1.54) is 23.7 Å². The molecule has 0 aliphatic heterocycles. The Morgan fingerprint density at radius 1 is 0.516 bits per heavy atom. The van der Waals surface area contributed by atoms with Gasteiger partial charge >= 0.3 is 43.6 Å². The molecule has 0 spiro atoms. The number of alkyl halides is 3. The summed E-state index contributed by atoms with van der Waals surface area (Å²) in [5.41, 5.74) is 39.8. The first-order valence-electron chi connectivity index (χ1n) is 27.5. The summed E-state index contributed by atoms with van der Waals surface area (Å²) in [7, 11) is 5.99. The average Bonchev–Trinajstić information content (AvgIpc) is 2.25. The van der Waals surface area contributed by atoms with Gasteiger partial charge in [-0.25, -0.2) is 39.9 Å². The zero-order valence-electron chi connectivity index (χ0n) is 50.5. The first kappa shape index (κ1) is 76.7. The molecule has 463 valence electrons. The van der Waals surface area contributed by atoms with Gasteiger partial charge in [-0.1, -0.05) is 169 Å². The van der Waals surface area contributed by atoms with Crippen molar-refractivity contribution in [2.75, 3.05) is 35.8 Å². The normalized spacial score (nSPS) is 9.67. The van der Waals surface area contributed by atoms with Crippen molar-refractivity contribution in [3.05, 3.63) is 276 Å². The summed E-state index contributed by atoms with van der Waals surface area (Å²) in [6.07, 6.45) is 17.9. The standard InChI is InChI=1S/C18H17N3O.C17H15N3O.C11H10BrN3.C11H11N3.C4H5N3.C4H9.CHCl3.BHNS.Li/c1-22-15-9-7-14(8-10-15)17-12-20-18(19)16(21-17)11-13-5-3-2-4-6-13;18-17-15(10-12-4-2-1-3-5-12)20-16(11-19-17)13-6-8-14(21)9-7-13;12-10-7-14-11(13)9(15-10)6-8-4-2-1-3-5-8;12-11-10(13-6-7-14-11)8-9-4-2-1-3-5-9;5-4-3-6-1-2-7-4;1-3-4-2;2-1(3)4;1-2-3;/h2-10,12H,11H2,1H3,(H2,19,20);1-9,11,21H,10H2,(H2,18,19);1-5,7H,6H2,(H2,13,14);1-7H,8H2,(H2,12,14);1-3H,(H2,5,7);1,3-4H2,2H3;1H;3H;/q;;;;;-1;;;+1. The maximum absolute atomic E-state index is 9.34. The number of nitrogen functional groups attached to an aromatic ring is 5. The first-order chi connectivity index (χ1) is 43.5. The zero-order valence-corrected chi connectivity index (χ0v) is 55.3. The Bertz CT molecular complexity index is 3750. The van der Waals surface area contributed by atoms with Crippen molar-refractivity contribution in [1.82, 2.24) is 49.8 Å². The molecule has 11 rings (SSSR count). The number of aromatic nitrogens is 10. The number of nitrogens with zero attached hydrogens (tertiary/aromatic N) is 11. The maximum Gasteiger partial charge on any atom is 1.00 e. The molecule has 0 atom stereocenters. The van der Waals surface area contributed by atoms with Crippen LogP contribution < -0.4 is 52.3 Å². The quantitative estimate of drug-likeness (QED) is 0.0259. The van der Waals surface area contributed by atoms with Crippen LogP contribution in [0.3, 0.4) is 0 Å². The van der Waals surface area contributed by atoms with Gasteiger partial charge in [0.25, 0.3) is 0 Å². The van der Waals surface area contributed by atoms with Gasteiger partial charge in [0, 0.05) is 61.6 Å². The van der Waals surface area contributed by atoms with Crippen LogP contribution in [0, 0.1) is 6.92 Å². The summed E-state index contributed by atoms with van der Waals surface area (Å²) in [5.74, 6) is 3.42. The molecule has 0 aliphatic rings. The number of benzene rings is 6. The number of phenols is 1. The van der Waals surface area contributed by atoms with Crippen LogP contribution >= 0.6 is 63.5 Å². The van der Waals surface area contributed by atoms with E-state index in [1.54, 1.807) is 62.6 Å². The minimum atomic E-state index is -0.750. The van der Waals surface area contributed by atoms with Crippen molar-refractivity contribution < 1.29 is 28.7 Å². The fourth-order valence-electron chi connectivity index (χ4n) is 7.33. The minimum absolute atomic E-state index is 0. The molecule has 0 unspecified atom stereocenters. The third-order valence-electron chi connectivity index (χ3n) is 11.8. The van der Waals surface area contributed by atoms with Gasteiger partial charge in [0.15, 0.2) is 4.30 Å². The third kappa shape index (κ3) is 31.2. The minimum Gasteiger partial charge on any atom is -0.343 e. The summed E-state index contributed by atoms with van der Waals surface area (Å²) in [6.45, 7) is 5.72. The Kier molecular flexibility index (Phi) is 37.8. The topological polar surface area (TPSA) is 301 Å². The van der Waals surface area contributed by atoms with Gasteiger partial charge in [0.2, 0.25) is 0 Å². The number of thiol groups is 1. The van der Waals surface area contributed by atoms with Gasteiger partial charge in [-0.3, -0.25) is 9.97 Å². The molecule has 1 radical (unpaired) electrons. The number of anilines is 5. The van der Waals surface area contributed by atoms with Crippen LogP contribution in [0.15, 0.2) is 228 Å². The zero-order chi connectivity index (χ0) is 65.3. The average molecular weight is 1350 g/mol. The molecular weight excluding hydrogens is 1280 g/mol. The second-order valence-electron chi connectivity index (χ2n) is 18.4. The van der Waals surface area contributed by atoms with Crippen LogP contribution in [0.25, 0.3) is 22.5 Å². The molecule has 18 nitrogen and oxygen atoms in total. The van der Waals surface area contributed by atoms with E-state index in [0.29, 0.717) is 53.0 Å².